The smallest absolute Gasteiger partial charge is 0.306 e. The third kappa shape index (κ3) is 50.2. The number of aliphatic hydroxyl groups excluding tert-OH is 2. The maximum atomic E-state index is 13.3. The molecule has 0 heterocycles. The number of hydrogen-bond donors (Lipinski definition) is 3. The van der Waals surface area contributed by atoms with Crippen molar-refractivity contribution in [3.05, 3.63) is 48.6 Å². The molecule has 3 atom stereocenters. The van der Waals surface area contributed by atoms with E-state index in [1.807, 2.05) is 0 Å². The molecule has 0 aromatic rings. The summed E-state index contributed by atoms with van der Waals surface area (Å²) in [5.41, 5.74) is 0. The Morgan fingerprint density at radius 1 is 0.441 bits per heavy atom. The number of allylic oxidation sites excluding steroid dienone is 8. The molecule has 6 nitrogen and oxygen atoms in total. The van der Waals surface area contributed by atoms with Crippen LogP contribution in [0, 0.1) is 0 Å². The lowest BCUT2D eigenvalue weighted by molar-refractivity contribution is -0.151. The molecule has 0 aliphatic carbocycles. The molecule has 3 N–H and O–H groups in total. The molecule has 0 rings (SSSR count). The second-order valence-electron chi connectivity index (χ2n) is 20.4. The molecule has 0 aromatic carbocycles. The van der Waals surface area contributed by atoms with Gasteiger partial charge in [0.05, 0.1) is 25.2 Å². The van der Waals surface area contributed by atoms with Crippen molar-refractivity contribution >= 4 is 11.9 Å². The highest BCUT2D eigenvalue weighted by atomic mass is 16.5. The summed E-state index contributed by atoms with van der Waals surface area (Å²) in [6, 6.07) is -0.710. The molecule has 0 fully saturated rings. The SMILES string of the molecule is CCCCC/C=C\C/C=C\CCCCCCCCCCCC(=O)OC(CCCCCC/C=C/C=C/CCCCC)CC(=O)NC(CO)C(O)CCCCCCCCCCCCCCCCCCC. The Morgan fingerprint density at radius 3 is 1.24 bits per heavy atom. The summed E-state index contributed by atoms with van der Waals surface area (Å²) >= 11 is 0. The molecule has 0 saturated heterocycles. The van der Waals surface area contributed by atoms with E-state index in [0.717, 1.165) is 83.5 Å². The van der Waals surface area contributed by atoms with E-state index in [-0.39, 0.29) is 24.9 Å². The molecule has 398 valence electrons. The van der Waals surface area contributed by atoms with Gasteiger partial charge in [-0.25, -0.2) is 0 Å². The zero-order valence-corrected chi connectivity index (χ0v) is 45.5. The zero-order valence-electron chi connectivity index (χ0n) is 45.5. The molecule has 0 radical (unpaired) electrons. The van der Waals surface area contributed by atoms with Crippen molar-refractivity contribution in [3.63, 3.8) is 0 Å². The Hall–Kier alpha value is -2.18. The molecular formula is C62H115NO5. The number of unbranched alkanes of at least 4 members (excludes halogenated alkanes) is 35. The summed E-state index contributed by atoms with van der Waals surface area (Å²) in [5.74, 6) is -0.487. The van der Waals surface area contributed by atoms with Gasteiger partial charge in [0.2, 0.25) is 5.91 Å². The number of aliphatic hydroxyl groups is 2. The predicted molar refractivity (Wildman–Crippen MR) is 296 cm³/mol. The van der Waals surface area contributed by atoms with Crippen LogP contribution in [0.1, 0.15) is 310 Å². The van der Waals surface area contributed by atoms with E-state index in [9.17, 15) is 19.8 Å². The van der Waals surface area contributed by atoms with Gasteiger partial charge in [-0.1, -0.05) is 262 Å². The predicted octanol–water partition coefficient (Wildman–Crippen LogP) is 18.6. The van der Waals surface area contributed by atoms with Crippen LogP contribution in [0.15, 0.2) is 48.6 Å². The summed E-state index contributed by atoms with van der Waals surface area (Å²) in [6.45, 7) is 6.46. The highest BCUT2D eigenvalue weighted by molar-refractivity contribution is 5.77. The van der Waals surface area contributed by atoms with Crippen LogP contribution in [-0.4, -0.2) is 46.9 Å². The maximum Gasteiger partial charge on any atom is 0.306 e. The van der Waals surface area contributed by atoms with Crippen molar-refractivity contribution in [1.29, 1.82) is 0 Å². The van der Waals surface area contributed by atoms with E-state index < -0.39 is 18.2 Å². The Kier molecular flexibility index (Phi) is 54.0. The minimum Gasteiger partial charge on any atom is -0.462 e. The molecule has 68 heavy (non-hydrogen) atoms. The zero-order chi connectivity index (χ0) is 49.5. The van der Waals surface area contributed by atoms with Gasteiger partial charge in [-0.2, -0.15) is 0 Å². The van der Waals surface area contributed by atoms with Gasteiger partial charge in [0, 0.05) is 6.42 Å². The number of carbonyl (C=O) groups excluding carboxylic acids is 2. The number of hydrogen-bond acceptors (Lipinski definition) is 5. The molecule has 3 unspecified atom stereocenters. The average molecular weight is 955 g/mol. The quantitative estimate of drug-likeness (QED) is 0.0244. The topological polar surface area (TPSA) is 95.9 Å². The normalized spacial score (nSPS) is 13.4. The van der Waals surface area contributed by atoms with E-state index in [4.69, 9.17) is 4.74 Å². The first kappa shape index (κ1) is 65.8. The molecule has 0 aromatic heterocycles. The first-order valence-corrected chi connectivity index (χ1v) is 29.9. The third-order valence-corrected chi connectivity index (χ3v) is 13.7. The van der Waals surface area contributed by atoms with Crippen LogP contribution in [-0.2, 0) is 14.3 Å². The standard InChI is InChI=1S/C62H115NO5/c1-4-7-10-13-16-19-22-25-27-29-30-32-34-37-40-43-46-49-52-55-62(67)68-58(53-50-47-44-41-38-35-24-21-18-15-12-9-6-3)56-61(66)63-59(57-64)60(65)54-51-48-45-42-39-36-33-31-28-26-23-20-17-14-11-8-5-2/h16,18-19,21,24-25,27,35,58-60,64-65H,4-15,17,20,22-23,26,28-34,36-57H2,1-3H3,(H,63,66)/b19-16-,21-18+,27-25-,35-24+. The van der Waals surface area contributed by atoms with Crippen molar-refractivity contribution in [2.45, 2.75) is 328 Å². The number of carbonyl (C=O) groups is 2. The van der Waals surface area contributed by atoms with E-state index in [0.29, 0.717) is 19.3 Å². The van der Waals surface area contributed by atoms with Crippen molar-refractivity contribution < 1.29 is 24.5 Å². The largest absolute Gasteiger partial charge is 0.462 e. The average Bonchev–Trinajstić information content (AvgIpc) is 3.33. The Balaban J connectivity index is 4.50. The first-order valence-electron chi connectivity index (χ1n) is 29.9. The summed E-state index contributed by atoms with van der Waals surface area (Å²) in [5, 5.41) is 23.9. The van der Waals surface area contributed by atoms with Gasteiger partial charge in [0.15, 0.2) is 0 Å². The second-order valence-corrected chi connectivity index (χ2v) is 20.4. The van der Waals surface area contributed by atoms with Crippen LogP contribution in [0.4, 0.5) is 0 Å². The lowest BCUT2D eigenvalue weighted by Crippen LogP contribution is -2.46. The first-order chi connectivity index (χ1) is 33.5. The van der Waals surface area contributed by atoms with Crippen molar-refractivity contribution in [3.8, 4) is 0 Å². The molecule has 6 heteroatoms. The fourth-order valence-corrected chi connectivity index (χ4v) is 9.10. The minimum atomic E-state index is -0.795. The number of ether oxygens (including phenoxy) is 1. The number of esters is 1. The highest BCUT2D eigenvalue weighted by Crippen LogP contribution is 2.18. The maximum absolute atomic E-state index is 13.3. The molecule has 0 bridgehead atoms. The van der Waals surface area contributed by atoms with Gasteiger partial charge in [-0.3, -0.25) is 9.59 Å². The Bertz CT molecular complexity index is 1160. The minimum absolute atomic E-state index is 0.0637. The summed E-state index contributed by atoms with van der Waals surface area (Å²) in [7, 11) is 0. The van der Waals surface area contributed by atoms with Gasteiger partial charge in [-0.05, 0) is 83.5 Å². The van der Waals surface area contributed by atoms with Crippen molar-refractivity contribution in [1.82, 2.24) is 5.32 Å². The van der Waals surface area contributed by atoms with Crippen LogP contribution >= 0.6 is 0 Å². The molecule has 0 saturated carbocycles. The Morgan fingerprint density at radius 2 is 0.794 bits per heavy atom. The van der Waals surface area contributed by atoms with Gasteiger partial charge in [0.25, 0.3) is 0 Å². The summed E-state index contributed by atoms with van der Waals surface area (Å²) < 4.78 is 5.96. The lowest BCUT2D eigenvalue weighted by Gasteiger charge is -2.24. The molecular weight excluding hydrogens is 839 g/mol. The Labute approximate surface area is 423 Å². The molecule has 1 amide bonds. The monoisotopic (exact) mass is 954 g/mol. The highest BCUT2D eigenvalue weighted by Gasteiger charge is 2.24. The summed E-state index contributed by atoms with van der Waals surface area (Å²) in [4.78, 5) is 26.3. The van der Waals surface area contributed by atoms with Crippen molar-refractivity contribution in [2.24, 2.45) is 0 Å². The van der Waals surface area contributed by atoms with Crippen LogP contribution < -0.4 is 5.32 Å². The van der Waals surface area contributed by atoms with Crippen LogP contribution in [0.5, 0.6) is 0 Å². The fraction of sp³-hybridized carbons (Fsp3) is 0.839. The van der Waals surface area contributed by atoms with E-state index in [1.54, 1.807) is 0 Å². The second kappa shape index (κ2) is 55.7. The van der Waals surface area contributed by atoms with Crippen LogP contribution in [0.2, 0.25) is 0 Å². The van der Waals surface area contributed by atoms with Gasteiger partial charge in [0.1, 0.15) is 6.10 Å². The lowest BCUT2D eigenvalue weighted by atomic mass is 10.0. The van der Waals surface area contributed by atoms with Gasteiger partial charge < -0.3 is 20.3 Å². The van der Waals surface area contributed by atoms with Crippen LogP contribution in [0.25, 0.3) is 0 Å². The number of nitrogens with one attached hydrogen (secondary N) is 1. The van der Waals surface area contributed by atoms with E-state index >= 15 is 0 Å². The van der Waals surface area contributed by atoms with E-state index in [2.05, 4.69) is 74.7 Å². The van der Waals surface area contributed by atoms with Crippen LogP contribution in [0.3, 0.4) is 0 Å². The van der Waals surface area contributed by atoms with E-state index in [1.165, 1.54) is 180 Å². The fourth-order valence-electron chi connectivity index (χ4n) is 9.10. The molecule has 0 aliphatic rings. The third-order valence-electron chi connectivity index (χ3n) is 13.7. The number of amides is 1. The van der Waals surface area contributed by atoms with Gasteiger partial charge in [-0.15, -0.1) is 0 Å². The van der Waals surface area contributed by atoms with Gasteiger partial charge >= 0.3 is 5.97 Å². The summed E-state index contributed by atoms with van der Waals surface area (Å²) in [6.07, 6.45) is 68.9. The molecule has 0 spiro atoms. The van der Waals surface area contributed by atoms with Crippen molar-refractivity contribution in [2.75, 3.05) is 6.61 Å². The number of rotatable bonds is 54. The molecule has 0 aliphatic heterocycles.